The molecule has 3 nitrogen and oxygen atoms in total. The van der Waals surface area contributed by atoms with E-state index in [-0.39, 0.29) is 10.7 Å². The summed E-state index contributed by atoms with van der Waals surface area (Å²) in [5.74, 6) is -0.0396. The fourth-order valence-electron chi connectivity index (χ4n) is 2.99. The van der Waals surface area contributed by atoms with Gasteiger partial charge in [-0.3, -0.25) is 4.79 Å². The van der Waals surface area contributed by atoms with Crippen LogP contribution in [-0.2, 0) is 4.79 Å². The van der Waals surface area contributed by atoms with Gasteiger partial charge < -0.3 is 5.32 Å². The zero-order valence-electron chi connectivity index (χ0n) is 13.1. The Bertz CT molecular complexity index is 342. The van der Waals surface area contributed by atoms with Gasteiger partial charge in [0.1, 0.15) is 5.41 Å². The Morgan fingerprint density at radius 2 is 1.80 bits per heavy atom. The summed E-state index contributed by atoms with van der Waals surface area (Å²) in [6.07, 6.45) is 9.90. The van der Waals surface area contributed by atoms with Gasteiger partial charge in [-0.15, -0.1) is 0 Å². The van der Waals surface area contributed by atoms with E-state index < -0.39 is 5.41 Å². The van der Waals surface area contributed by atoms with E-state index in [0.29, 0.717) is 6.54 Å². The van der Waals surface area contributed by atoms with Crippen molar-refractivity contribution in [2.45, 2.75) is 70.0 Å². The number of nitriles is 1. The Kier molecular flexibility index (Phi) is 6.88. The first-order valence-electron chi connectivity index (χ1n) is 7.83. The molecule has 0 bridgehead atoms. The normalized spacial score (nSPS) is 18.9. The lowest BCUT2D eigenvalue weighted by atomic mass is 9.81. The molecule has 114 valence electrons. The van der Waals surface area contributed by atoms with Gasteiger partial charge >= 0.3 is 0 Å². The molecule has 0 spiro atoms. The number of rotatable bonds is 6. The molecule has 1 N–H and O–H groups in total. The molecule has 1 aliphatic carbocycles. The number of nitrogens with zero attached hydrogens (tertiary/aromatic N) is 1. The summed E-state index contributed by atoms with van der Waals surface area (Å²) in [5, 5.41) is 12.6. The Morgan fingerprint density at radius 1 is 1.25 bits per heavy atom. The first-order chi connectivity index (χ1) is 9.58. The van der Waals surface area contributed by atoms with Crippen molar-refractivity contribution in [1.82, 2.24) is 5.32 Å². The second-order valence-electron chi connectivity index (χ2n) is 5.89. The average Bonchev–Trinajstić information content (AvgIpc) is 2.75. The lowest BCUT2D eigenvalue weighted by Gasteiger charge is -2.32. The molecule has 1 rings (SSSR count). The monoisotopic (exact) mass is 296 g/mol. The third-order valence-corrected chi connectivity index (χ3v) is 6.49. The van der Waals surface area contributed by atoms with Crippen LogP contribution >= 0.6 is 11.8 Å². The molecule has 1 amide bonds. The summed E-state index contributed by atoms with van der Waals surface area (Å²) in [4.78, 5) is 12.6. The average molecular weight is 296 g/mol. The predicted molar refractivity (Wildman–Crippen MR) is 85.6 cm³/mol. The molecular weight excluding hydrogens is 268 g/mol. The van der Waals surface area contributed by atoms with E-state index in [0.717, 1.165) is 51.4 Å². The lowest BCUT2D eigenvalue weighted by molar-refractivity contribution is -0.128. The Morgan fingerprint density at radius 3 is 2.20 bits per heavy atom. The van der Waals surface area contributed by atoms with E-state index in [1.165, 1.54) is 0 Å². The van der Waals surface area contributed by atoms with E-state index in [4.69, 9.17) is 0 Å². The second kappa shape index (κ2) is 7.93. The molecule has 1 saturated carbocycles. The molecule has 4 heteroatoms. The number of thioether (sulfide) groups is 1. The fraction of sp³-hybridized carbons (Fsp3) is 0.875. The number of carbonyl (C=O) groups is 1. The maximum absolute atomic E-state index is 12.6. The van der Waals surface area contributed by atoms with Crippen LogP contribution in [0.25, 0.3) is 0 Å². The molecule has 0 aromatic carbocycles. The SMILES string of the molecule is CCC(CC)(CNC(=O)C1(C#N)CCCCCC1)SC. The van der Waals surface area contributed by atoms with Gasteiger partial charge in [0.15, 0.2) is 0 Å². The molecule has 0 aromatic heterocycles. The van der Waals surface area contributed by atoms with Gasteiger partial charge in [0.2, 0.25) is 5.91 Å². The topological polar surface area (TPSA) is 52.9 Å². The van der Waals surface area contributed by atoms with E-state index >= 15 is 0 Å². The van der Waals surface area contributed by atoms with Crippen LogP contribution in [0.1, 0.15) is 65.2 Å². The highest BCUT2D eigenvalue weighted by Crippen LogP contribution is 2.35. The van der Waals surface area contributed by atoms with Crippen LogP contribution in [0.3, 0.4) is 0 Å². The van der Waals surface area contributed by atoms with E-state index in [1.54, 1.807) is 0 Å². The van der Waals surface area contributed by atoms with Crippen LogP contribution in [-0.4, -0.2) is 23.5 Å². The quantitative estimate of drug-likeness (QED) is 0.757. The summed E-state index contributed by atoms with van der Waals surface area (Å²) in [6.45, 7) is 5.00. The first-order valence-corrected chi connectivity index (χ1v) is 9.05. The predicted octanol–water partition coefficient (Wildman–Crippen LogP) is 3.89. The minimum Gasteiger partial charge on any atom is -0.353 e. The van der Waals surface area contributed by atoms with Gasteiger partial charge in [-0.05, 0) is 31.9 Å². The minimum atomic E-state index is -0.776. The molecule has 0 aromatic rings. The van der Waals surface area contributed by atoms with Crippen LogP contribution in [0, 0.1) is 16.7 Å². The first kappa shape index (κ1) is 17.4. The van der Waals surface area contributed by atoms with Crippen LogP contribution in [0.2, 0.25) is 0 Å². The summed E-state index contributed by atoms with van der Waals surface area (Å²) >= 11 is 1.82. The van der Waals surface area contributed by atoms with Gasteiger partial charge in [-0.25, -0.2) is 0 Å². The van der Waals surface area contributed by atoms with Crippen molar-refractivity contribution >= 4 is 17.7 Å². The van der Waals surface area contributed by atoms with Crippen molar-refractivity contribution in [1.29, 1.82) is 5.26 Å². The molecular formula is C16H28N2OS. The number of nitrogens with one attached hydrogen (secondary N) is 1. The number of hydrogen-bond donors (Lipinski definition) is 1. The van der Waals surface area contributed by atoms with Crippen molar-refractivity contribution in [3.63, 3.8) is 0 Å². The Balaban J connectivity index is 2.70. The third kappa shape index (κ3) is 3.91. The van der Waals surface area contributed by atoms with E-state index in [1.807, 2.05) is 11.8 Å². The van der Waals surface area contributed by atoms with Crippen molar-refractivity contribution in [3.8, 4) is 6.07 Å². The Hall–Kier alpha value is -0.690. The molecule has 0 aliphatic heterocycles. The molecule has 20 heavy (non-hydrogen) atoms. The van der Waals surface area contributed by atoms with Crippen LogP contribution < -0.4 is 5.32 Å². The second-order valence-corrected chi connectivity index (χ2v) is 7.16. The van der Waals surface area contributed by atoms with Gasteiger partial charge in [0, 0.05) is 11.3 Å². The van der Waals surface area contributed by atoms with Gasteiger partial charge in [-0.2, -0.15) is 17.0 Å². The largest absolute Gasteiger partial charge is 0.353 e. The standard InChI is InChI=1S/C16H28N2OS/c1-4-16(5-2,20-3)13-18-14(19)15(12-17)10-8-6-7-9-11-15/h4-11,13H2,1-3H3,(H,18,19). The van der Waals surface area contributed by atoms with Crippen molar-refractivity contribution in [2.75, 3.05) is 12.8 Å². The van der Waals surface area contributed by atoms with Gasteiger partial charge in [0.25, 0.3) is 0 Å². The zero-order valence-corrected chi connectivity index (χ0v) is 13.9. The maximum Gasteiger partial charge on any atom is 0.240 e. The summed E-state index contributed by atoms with van der Waals surface area (Å²) in [6, 6.07) is 2.33. The maximum atomic E-state index is 12.6. The molecule has 0 saturated heterocycles. The number of amides is 1. The van der Waals surface area contributed by atoms with E-state index in [2.05, 4.69) is 31.5 Å². The Labute approximate surface area is 127 Å². The highest BCUT2D eigenvalue weighted by molar-refractivity contribution is 8.00. The van der Waals surface area contributed by atoms with Crippen molar-refractivity contribution < 1.29 is 4.79 Å². The fourth-order valence-corrected chi connectivity index (χ4v) is 3.79. The lowest BCUT2D eigenvalue weighted by Crippen LogP contribution is -2.46. The molecule has 0 atom stereocenters. The van der Waals surface area contributed by atoms with Crippen LogP contribution in [0.4, 0.5) is 0 Å². The van der Waals surface area contributed by atoms with Gasteiger partial charge in [0.05, 0.1) is 6.07 Å². The zero-order chi connectivity index (χ0) is 15.1. The number of hydrogen-bond acceptors (Lipinski definition) is 3. The molecule has 0 heterocycles. The summed E-state index contributed by atoms with van der Waals surface area (Å²) < 4.78 is 0.108. The van der Waals surface area contributed by atoms with Crippen molar-refractivity contribution in [3.05, 3.63) is 0 Å². The number of carbonyl (C=O) groups excluding carboxylic acids is 1. The highest BCUT2D eigenvalue weighted by Gasteiger charge is 2.39. The van der Waals surface area contributed by atoms with Gasteiger partial charge in [-0.1, -0.05) is 39.5 Å². The molecule has 0 unspecified atom stereocenters. The summed E-state index contributed by atoms with van der Waals surface area (Å²) in [7, 11) is 0. The molecule has 1 fully saturated rings. The molecule has 0 radical (unpaired) electrons. The molecule has 1 aliphatic rings. The third-order valence-electron chi connectivity index (χ3n) is 4.90. The van der Waals surface area contributed by atoms with Crippen molar-refractivity contribution in [2.24, 2.45) is 5.41 Å². The van der Waals surface area contributed by atoms with E-state index in [9.17, 15) is 10.1 Å². The summed E-state index contributed by atoms with van der Waals surface area (Å²) in [5.41, 5.74) is -0.776. The minimum absolute atomic E-state index is 0.0396. The van der Waals surface area contributed by atoms with Crippen LogP contribution in [0.15, 0.2) is 0 Å². The van der Waals surface area contributed by atoms with Crippen LogP contribution in [0.5, 0.6) is 0 Å². The highest BCUT2D eigenvalue weighted by atomic mass is 32.2. The smallest absolute Gasteiger partial charge is 0.240 e.